The van der Waals surface area contributed by atoms with E-state index >= 15 is 0 Å². The fraction of sp³-hybridized carbons (Fsp3) is 0.214. The van der Waals surface area contributed by atoms with E-state index in [-0.39, 0.29) is 23.7 Å². The number of aromatic nitrogens is 1. The molecule has 3 aromatic carbocycles. The summed E-state index contributed by atoms with van der Waals surface area (Å²) < 4.78 is 0. The number of amides is 1. The zero-order chi connectivity index (χ0) is 22.6. The van der Waals surface area contributed by atoms with Crippen LogP contribution in [0.5, 0.6) is 0 Å². The minimum Gasteiger partial charge on any atom is -0.360 e. The second kappa shape index (κ2) is 9.43. The van der Waals surface area contributed by atoms with Gasteiger partial charge in [-0.3, -0.25) is 14.5 Å². The van der Waals surface area contributed by atoms with Gasteiger partial charge in [0, 0.05) is 34.3 Å². The number of ketones is 1. The predicted octanol–water partition coefficient (Wildman–Crippen LogP) is 5.44. The predicted molar refractivity (Wildman–Crippen MR) is 131 cm³/mol. The summed E-state index contributed by atoms with van der Waals surface area (Å²) >= 11 is 0. The van der Waals surface area contributed by atoms with Crippen molar-refractivity contribution in [1.29, 1.82) is 0 Å². The first kappa shape index (κ1) is 21.2. The fourth-order valence-corrected chi connectivity index (χ4v) is 4.77. The number of aromatic amines is 1. The quantitative estimate of drug-likeness (QED) is 0.395. The van der Waals surface area contributed by atoms with Crippen molar-refractivity contribution in [3.8, 4) is 0 Å². The Kier molecular flexibility index (Phi) is 6.05. The first-order valence-corrected chi connectivity index (χ1v) is 11.5. The van der Waals surface area contributed by atoms with E-state index < -0.39 is 0 Å². The van der Waals surface area contributed by atoms with E-state index in [0.29, 0.717) is 18.7 Å². The van der Waals surface area contributed by atoms with Crippen molar-refractivity contribution in [2.45, 2.75) is 18.9 Å². The lowest BCUT2D eigenvalue weighted by Crippen LogP contribution is -2.42. The third-order valence-electron chi connectivity index (χ3n) is 6.53. The molecule has 0 bridgehead atoms. The van der Waals surface area contributed by atoms with Gasteiger partial charge in [0.1, 0.15) is 0 Å². The van der Waals surface area contributed by atoms with E-state index in [9.17, 15) is 9.59 Å². The zero-order valence-electron chi connectivity index (χ0n) is 18.4. The topological polar surface area (TPSA) is 65.2 Å². The molecule has 1 atom stereocenters. The number of rotatable bonds is 6. The van der Waals surface area contributed by atoms with E-state index in [2.05, 4.69) is 15.2 Å². The molecule has 1 amide bonds. The monoisotopic (exact) mass is 437 g/mol. The van der Waals surface area contributed by atoms with Crippen LogP contribution in [0.2, 0.25) is 0 Å². The number of fused-ring (bicyclic) bond motifs is 1. The molecule has 0 aliphatic carbocycles. The highest BCUT2D eigenvalue weighted by molar-refractivity contribution is 6.10. The summed E-state index contributed by atoms with van der Waals surface area (Å²) in [5.41, 5.74) is 3.48. The first-order valence-electron chi connectivity index (χ1n) is 11.5. The van der Waals surface area contributed by atoms with Gasteiger partial charge in [-0.25, -0.2) is 0 Å². The van der Waals surface area contributed by atoms with Crippen molar-refractivity contribution in [3.63, 3.8) is 0 Å². The van der Waals surface area contributed by atoms with Gasteiger partial charge in [0.15, 0.2) is 5.78 Å². The van der Waals surface area contributed by atoms with Crippen LogP contribution in [0.15, 0.2) is 91.1 Å². The number of para-hydroxylation sites is 2. The molecule has 0 radical (unpaired) electrons. The Morgan fingerprint density at radius 1 is 0.848 bits per heavy atom. The lowest BCUT2D eigenvalue weighted by atomic mass is 9.90. The minimum atomic E-state index is -0.372. The molecule has 1 aliphatic heterocycles. The van der Waals surface area contributed by atoms with Crippen LogP contribution in [-0.2, 0) is 4.79 Å². The summed E-state index contributed by atoms with van der Waals surface area (Å²) in [4.78, 5) is 32.1. The summed E-state index contributed by atoms with van der Waals surface area (Å²) in [5.74, 6) is 0.0898. The number of benzene rings is 3. The fourth-order valence-electron chi connectivity index (χ4n) is 4.77. The second-order valence-corrected chi connectivity index (χ2v) is 8.59. The number of carbonyl (C=O) groups excluding carboxylic acids is 2. The van der Waals surface area contributed by atoms with Gasteiger partial charge in [-0.2, -0.15) is 0 Å². The summed E-state index contributed by atoms with van der Waals surface area (Å²) in [6.07, 6.45) is 3.27. The largest absolute Gasteiger partial charge is 0.360 e. The van der Waals surface area contributed by atoms with E-state index in [1.54, 1.807) is 0 Å². The van der Waals surface area contributed by atoms with E-state index in [1.807, 2.05) is 91.1 Å². The Labute approximate surface area is 193 Å². The SMILES string of the molecule is O=C(Nc1ccccc1)C1CCN(C(C(=O)c2c[nH]c3ccccc23)c2ccccc2)CC1. The highest BCUT2D eigenvalue weighted by atomic mass is 16.2. The summed E-state index contributed by atoms with van der Waals surface area (Å²) in [6, 6.07) is 27.1. The van der Waals surface area contributed by atoms with Gasteiger partial charge >= 0.3 is 0 Å². The van der Waals surface area contributed by atoms with Crippen molar-refractivity contribution >= 4 is 28.3 Å². The molecule has 1 fully saturated rings. The van der Waals surface area contributed by atoms with Crippen molar-refractivity contribution in [2.75, 3.05) is 18.4 Å². The second-order valence-electron chi connectivity index (χ2n) is 8.59. The molecular weight excluding hydrogens is 410 g/mol. The number of likely N-dealkylation sites (tertiary alicyclic amines) is 1. The summed E-state index contributed by atoms with van der Waals surface area (Å²) in [7, 11) is 0. The van der Waals surface area contributed by atoms with Crippen molar-refractivity contribution < 1.29 is 9.59 Å². The van der Waals surface area contributed by atoms with Crippen LogP contribution in [-0.4, -0.2) is 34.7 Å². The number of piperidine rings is 1. The highest BCUT2D eigenvalue weighted by Crippen LogP contribution is 2.32. The molecule has 1 aliphatic rings. The molecule has 1 unspecified atom stereocenters. The van der Waals surface area contributed by atoms with Crippen LogP contribution in [0.3, 0.4) is 0 Å². The third kappa shape index (κ3) is 4.45. The minimum absolute atomic E-state index is 0.0546. The molecule has 2 heterocycles. The average molecular weight is 438 g/mol. The number of Topliss-reactive ketones (excluding diaryl/α,β-unsaturated/α-hetero) is 1. The molecule has 5 rings (SSSR count). The van der Waals surface area contributed by atoms with Crippen LogP contribution < -0.4 is 5.32 Å². The number of anilines is 1. The molecule has 5 heteroatoms. The van der Waals surface area contributed by atoms with Crippen LogP contribution in [0.1, 0.15) is 34.8 Å². The van der Waals surface area contributed by atoms with E-state index in [4.69, 9.17) is 0 Å². The van der Waals surface area contributed by atoms with Crippen LogP contribution in [0.4, 0.5) is 5.69 Å². The molecule has 166 valence electrons. The number of hydrogen-bond donors (Lipinski definition) is 2. The average Bonchev–Trinajstić information content (AvgIpc) is 3.30. The van der Waals surface area contributed by atoms with Crippen LogP contribution >= 0.6 is 0 Å². The van der Waals surface area contributed by atoms with Gasteiger partial charge in [0.05, 0.1) is 6.04 Å². The standard InChI is InChI=1S/C28H27N3O2/c32-27(24-19-29-25-14-8-7-13-23(24)25)26(20-9-3-1-4-10-20)31-17-15-21(16-18-31)28(33)30-22-11-5-2-6-12-22/h1-14,19,21,26,29H,15-18H2,(H,30,33). The maximum atomic E-state index is 13.8. The molecule has 33 heavy (non-hydrogen) atoms. The van der Waals surface area contributed by atoms with Gasteiger partial charge in [0.25, 0.3) is 0 Å². The molecule has 1 aromatic heterocycles. The van der Waals surface area contributed by atoms with Gasteiger partial charge in [-0.05, 0) is 49.7 Å². The lowest BCUT2D eigenvalue weighted by Gasteiger charge is -2.36. The molecule has 1 saturated heterocycles. The van der Waals surface area contributed by atoms with Gasteiger partial charge in [-0.1, -0.05) is 66.7 Å². The molecule has 0 spiro atoms. The van der Waals surface area contributed by atoms with Crippen molar-refractivity contribution in [3.05, 3.63) is 102 Å². The number of nitrogens with zero attached hydrogens (tertiary/aromatic N) is 1. The Balaban J connectivity index is 1.35. The summed E-state index contributed by atoms with van der Waals surface area (Å²) in [6.45, 7) is 1.39. The zero-order valence-corrected chi connectivity index (χ0v) is 18.4. The van der Waals surface area contributed by atoms with Crippen LogP contribution in [0, 0.1) is 5.92 Å². The smallest absolute Gasteiger partial charge is 0.227 e. The van der Waals surface area contributed by atoms with Crippen molar-refractivity contribution in [1.82, 2.24) is 9.88 Å². The number of carbonyl (C=O) groups is 2. The third-order valence-corrected chi connectivity index (χ3v) is 6.53. The number of hydrogen-bond acceptors (Lipinski definition) is 3. The summed E-state index contributed by atoms with van der Waals surface area (Å²) in [5, 5.41) is 3.97. The first-order chi connectivity index (χ1) is 16.2. The van der Waals surface area contributed by atoms with E-state index in [0.717, 1.165) is 35.0 Å². The van der Waals surface area contributed by atoms with Gasteiger partial charge < -0.3 is 10.3 Å². The maximum Gasteiger partial charge on any atom is 0.227 e. The Hall–Kier alpha value is -3.70. The molecular formula is C28H27N3O2. The normalized spacial score (nSPS) is 15.9. The molecule has 5 nitrogen and oxygen atoms in total. The highest BCUT2D eigenvalue weighted by Gasteiger charge is 2.34. The van der Waals surface area contributed by atoms with E-state index in [1.165, 1.54) is 0 Å². The number of H-pyrrole nitrogens is 1. The van der Waals surface area contributed by atoms with Gasteiger partial charge in [0.2, 0.25) is 5.91 Å². The molecule has 2 N–H and O–H groups in total. The maximum absolute atomic E-state index is 13.8. The Morgan fingerprint density at radius 2 is 1.48 bits per heavy atom. The van der Waals surface area contributed by atoms with Gasteiger partial charge in [-0.15, -0.1) is 0 Å². The Bertz CT molecular complexity index is 1240. The Morgan fingerprint density at radius 3 is 2.21 bits per heavy atom. The van der Waals surface area contributed by atoms with Crippen LogP contribution in [0.25, 0.3) is 10.9 Å². The van der Waals surface area contributed by atoms with Crippen molar-refractivity contribution in [2.24, 2.45) is 5.92 Å². The molecule has 0 saturated carbocycles. The lowest BCUT2D eigenvalue weighted by molar-refractivity contribution is -0.121. The molecule has 4 aromatic rings. The number of nitrogens with one attached hydrogen (secondary N) is 2.